The molecule has 0 aliphatic heterocycles. The van der Waals surface area contributed by atoms with Gasteiger partial charge in [0.25, 0.3) is 11.8 Å². The van der Waals surface area contributed by atoms with Crippen molar-refractivity contribution < 1.29 is 29.4 Å². The average Bonchev–Trinajstić information content (AvgIpc) is 3.25. The first kappa shape index (κ1) is 41.9. The third-order valence-electron chi connectivity index (χ3n) is 13.5. The quantitative estimate of drug-likeness (QED) is 0.0653. The third kappa shape index (κ3) is 9.17. The lowest BCUT2D eigenvalue weighted by Gasteiger charge is -2.29. The van der Waals surface area contributed by atoms with Crippen LogP contribution in [0.1, 0.15) is 198 Å². The van der Waals surface area contributed by atoms with E-state index in [2.05, 4.69) is 24.5 Å². The van der Waals surface area contributed by atoms with Gasteiger partial charge in [-0.15, -0.1) is 0 Å². The molecule has 310 valence electrons. The van der Waals surface area contributed by atoms with E-state index >= 15 is 0 Å². The van der Waals surface area contributed by atoms with E-state index in [0.717, 1.165) is 37.5 Å². The van der Waals surface area contributed by atoms with Gasteiger partial charge in [0.05, 0.1) is 33.6 Å². The van der Waals surface area contributed by atoms with Crippen LogP contribution in [0.3, 0.4) is 0 Å². The van der Waals surface area contributed by atoms with Crippen molar-refractivity contribution in [3.8, 4) is 11.5 Å². The number of phenolic OH excluding ortho intramolecular Hbond substituents is 2. The lowest BCUT2D eigenvalue weighted by molar-refractivity contribution is 0.0973. The van der Waals surface area contributed by atoms with E-state index in [1.54, 1.807) is 31.2 Å². The van der Waals surface area contributed by atoms with Gasteiger partial charge in [0.1, 0.15) is 11.5 Å². The Morgan fingerprint density at radius 2 is 1.00 bits per heavy atom. The minimum absolute atomic E-state index is 0.0418. The molecule has 4 aromatic rings. The standard InChI is InChI=1S/C51H60N2O6/c1-4-6-8-10-32-12-16-34(17-13-32)36-20-24-38(25-21-36)50(58)52-40-28-29-42(54)45-43(40)48(56)44-41(30-31(3)47(55)46(44)49(45)57)53-51(59)39-26-22-37(23-27-39)35-18-14-33(15-19-35)11-9-7-5-2/h20-30,32-35,54-55H,4-19H2,1-3H3,(H,52,58)(H,53,59). The van der Waals surface area contributed by atoms with Gasteiger partial charge < -0.3 is 20.8 Å². The molecule has 0 spiro atoms. The van der Waals surface area contributed by atoms with Crippen LogP contribution in [0.2, 0.25) is 0 Å². The Bertz CT molecular complexity index is 2170. The highest BCUT2D eigenvalue weighted by atomic mass is 16.3. The fourth-order valence-corrected chi connectivity index (χ4v) is 9.91. The Balaban J connectivity index is 1.07. The van der Waals surface area contributed by atoms with E-state index in [-0.39, 0.29) is 39.2 Å². The van der Waals surface area contributed by atoms with Crippen LogP contribution in [0.15, 0.2) is 66.7 Å². The molecule has 7 rings (SSSR count). The number of hydrogen-bond donors (Lipinski definition) is 4. The van der Waals surface area contributed by atoms with Crippen LogP contribution in [0.5, 0.6) is 11.5 Å². The van der Waals surface area contributed by atoms with Gasteiger partial charge >= 0.3 is 0 Å². The first-order valence-corrected chi connectivity index (χ1v) is 22.2. The lowest BCUT2D eigenvalue weighted by atomic mass is 9.77. The van der Waals surface area contributed by atoms with Crippen molar-refractivity contribution in [1.82, 2.24) is 0 Å². The summed E-state index contributed by atoms with van der Waals surface area (Å²) < 4.78 is 0. The van der Waals surface area contributed by atoms with E-state index in [1.807, 2.05) is 24.3 Å². The molecular formula is C51H60N2O6. The number of aryl methyl sites for hydroxylation is 1. The van der Waals surface area contributed by atoms with E-state index < -0.39 is 34.9 Å². The van der Waals surface area contributed by atoms with E-state index in [9.17, 15) is 29.4 Å². The summed E-state index contributed by atoms with van der Waals surface area (Å²) in [7, 11) is 0. The second-order valence-corrected chi connectivity index (χ2v) is 17.5. The second kappa shape index (κ2) is 18.8. The molecule has 2 amide bonds. The number of anilines is 2. The van der Waals surface area contributed by atoms with Crippen LogP contribution in [0.4, 0.5) is 11.4 Å². The molecular weight excluding hydrogens is 737 g/mol. The Morgan fingerprint density at radius 3 is 1.47 bits per heavy atom. The van der Waals surface area contributed by atoms with Crippen LogP contribution in [-0.2, 0) is 0 Å². The zero-order chi connectivity index (χ0) is 41.6. The van der Waals surface area contributed by atoms with Crippen molar-refractivity contribution >= 4 is 34.8 Å². The highest BCUT2D eigenvalue weighted by Crippen LogP contribution is 2.45. The number of carbonyl (C=O) groups is 4. The summed E-state index contributed by atoms with van der Waals surface area (Å²) in [5.41, 5.74) is 2.56. The summed E-state index contributed by atoms with van der Waals surface area (Å²) in [6.45, 7) is 6.06. The molecule has 0 aromatic heterocycles. The molecule has 4 aromatic carbocycles. The van der Waals surface area contributed by atoms with Gasteiger partial charge in [0, 0.05) is 11.1 Å². The first-order chi connectivity index (χ1) is 28.6. The Morgan fingerprint density at radius 1 is 0.559 bits per heavy atom. The maximum absolute atomic E-state index is 14.5. The molecule has 3 aliphatic carbocycles. The van der Waals surface area contributed by atoms with Crippen LogP contribution in [-0.4, -0.2) is 33.6 Å². The van der Waals surface area contributed by atoms with Crippen molar-refractivity contribution in [2.45, 2.75) is 135 Å². The molecule has 59 heavy (non-hydrogen) atoms. The fraction of sp³-hybridized carbons (Fsp3) is 0.451. The van der Waals surface area contributed by atoms with Gasteiger partial charge in [-0.05, 0) is 141 Å². The molecule has 4 N–H and O–H groups in total. The molecule has 8 heteroatoms. The Kier molecular flexibility index (Phi) is 13.3. The summed E-state index contributed by atoms with van der Waals surface area (Å²) in [5, 5.41) is 27.7. The van der Waals surface area contributed by atoms with Crippen molar-refractivity contribution in [2.75, 3.05) is 10.6 Å². The Labute approximate surface area is 349 Å². The van der Waals surface area contributed by atoms with E-state index in [4.69, 9.17) is 0 Å². The van der Waals surface area contributed by atoms with Crippen LogP contribution in [0.25, 0.3) is 0 Å². The average molecular weight is 797 g/mol. The number of aromatic hydroxyl groups is 2. The molecule has 0 heterocycles. The van der Waals surface area contributed by atoms with E-state index in [1.165, 1.54) is 106 Å². The second-order valence-electron chi connectivity index (χ2n) is 17.5. The molecule has 0 atom stereocenters. The van der Waals surface area contributed by atoms with Gasteiger partial charge in [-0.25, -0.2) is 0 Å². The van der Waals surface area contributed by atoms with Crippen LogP contribution < -0.4 is 10.6 Å². The molecule has 0 bridgehead atoms. The molecule has 3 aliphatic rings. The minimum Gasteiger partial charge on any atom is -0.507 e. The van der Waals surface area contributed by atoms with E-state index in [0.29, 0.717) is 23.0 Å². The number of nitrogens with one attached hydrogen (secondary N) is 2. The maximum Gasteiger partial charge on any atom is 0.255 e. The number of rotatable bonds is 14. The predicted molar refractivity (Wildman–Crippen MR) is 234 cm³/mol. The van der Waals surface area contributed by atoms with Gasteiger partial charge in [-0.1, -0.05) is 89.5 Å². The monoisotopic (exact) mass is 796 g/mol. The molecule has 0 unspecified atom stereocenters. The van der Waals surface area contributed by atoms with Crippen LogP contribution in [0, 0.1) is 18.8 Å². The number of carbonyl (C=O) groups excluding carboxylic acids is 4. The molecule has 2 fully saturated rings. The van der Waals surface area contributed by atoms with Crippen molar-refractivity contribution in [3.63, 3.8) is 0 Å². The summed E-state index contributed by atoms with van der Waals surface area (Å²) >= 11 is 0. The van der Waals surface area contributed by atoms with Crippen molar-refractivity contribution in [2.24, 2.45) is 11.8 Å². The highest BCUT2D eigenvalue weighted by Gasteiger charge is 2.39. The predicted octanol–water partition coefficient (Wildman–Crippen LogP) is 12.4. The normalized spacial score (nSPS) is 20.1. The summed E-state index contributed by atoms with van der Waals surface area (Å²) in [6, 6.07) is 19.3. The first-order valence-electron chi connectivity index (χ1n) is 22.2. The highest BCUT2D eigenvalue weighted by molar-refractivity contribution is 6.34. The minimum atomic E-state index is -0.784. The van der Waals surface area contributed by atoms with Gasteiger partial charge in [0.15, 0.2) is 5.78 Å². The zero-order valence-electron chi connectivity index (χ0n) is 35.0. The summed E-state index contributed by atoms with van der Waals surface area (Å²) in [6.07, 6.45) is 19.8. The van der Waals surface area contributed by atoms with Crippen molar-refractivity contribution in [3.05, 3.63) is 117 Å². The largest absolute Gasteiger partial charge is 0.507 e. The van der Waals surface area contributed by atoms with Crippen molar-refractivity contribution in [1.29, 1.82) is 0 Å². The zero-order valence-corrected chi connectivity index (χ0v) is 35.0. The third-order valence-corrected chi connectivity index (χ3v) is 13.5. The maximum atomic E-state index is 14.5. The number of benzene rings is 4. The fourth-order valence-electron chi connectivity index (χ4n) is 9.91. The number of ketones is 2. The van der Waals surface area contributed by atoms with Gasteiger partial charge in [-0.2, -0.15) is 0 Å². The SMILES string of the molecule is CCCCCC1CCC(c2ccc(C(=O)Nc3ccc(O)c4c3C(=O)c3c(NC(=O)c5ccc(C6CCC(CCCCC)CC6)cc5)cc(C)c(O)c3C4=O)cc2)CC1. The number of phenols is 2. The molecule has 8 nitrogen and oxygen atoms in total. The molecule has 0 saturated heterocycles. The van der Waals surface area contributed by atoms with Gasteiger partial charge in [-0.3, -0.25) is 19.2 Å². The van der Waals surface area contributed by atoms with Gasteiger partial charge in [0.2, 0.25) is 5.78 Å². The topological polar surface area (TPSA) is 133 Å². The number of fused-ring (bicyclic) bond motifs is 2. The Hall–Kier alpha value is -5.24. The van der Waals surface area contributed by atoms with Crippen LogP contribution >= 0.6 is 0 Å². The summed E-state index contributed by atoms with van der Waals surface area (Å²) in [4.78, 5) is 56.0. The summed E-state index contributed by atoms with van der Waals surface area (Å²) in [5.74, 6) is -0.776. The lowest BCUT2D eigenvalue weighted by Crippen LogP contribution is -2.26. The number of unbranched alkanes of at least 4 members (excludes halogenated alkanes) is 4. The number of hydrogen-bond acceptors (Lipinski definition) is 6. The smallest absolute Gasteiger partial charge is 0.255 e. The molecule has 0 radical (unpaired) electrons. The molecule has 2 saturated carbocycles. The number of amides is 2.